The van der Waals surface area contributed by atoms with Gasteiger partial charge in [0.05, 0.1) is 18.4 Å². The summed E-state index contributed by atoms with van der Waals surface area (Å²) in [6.45, 7) is 7.84. The third kappa shape index (κ3) is 9.06. The van der Waals surface area contributed by atoms with E-state index >= 15 is 0 Å². The van der Waals surface area contributed by atoms with E-state index in [4.69, 9.17) is 0 Å². The van der Waals surface area contributed by atoms with Crippen LogP contribution >= 0.6 is 0 Å². The number of nitrogens with one attached hydrogen (secondary N) is 3. The van der Waals surface area contributed by atoms with Crippen molar-refractivity contribution >= 4 is 15.9 Å². The number of aliphatic hydroxyl groups excluding tert-OH is 1. The number of aliphatic hydroxyl groups is 1. The van der Waals surface area contributed by atoms with Gasteiger partial charge in [-0.1, -0.05) is 45.0 Å². The van der Waals surface area contributed by atoms with Gasteiger partial charge in [-0.2, -0.15) is 0 Å². The molecule has 1 fully saturated rings. The Morgan fingerprint density at radius 2 is 1.72 bits per heavy atom. The number of carbonyl (C=O) groups is 1. The molecule has 39 heavy (non-hydrogen) atoms. The zero-order valence-corrected chi connectivity index (χ0v) is 24.2. The first-order valence-electron chi connectivity index (χ1n) is 13.3. The van der Waals surface area contributed by atoms with Crippen LogP contribution in [0.15, 0.2) is 42.5 Å². The van der Waals surface area contributed by atoms with Gasteiger partial charge in [0, 0.05) is 31.1 Å². The Morgan fingerprint density at radius 1 is 1.10 bits per heavy atom. The Hall–Kier alpha value is -2.40. The van der Waals surface area contributed by atoms with E-state index in [1.807, 2.05) is 12.1 Å². The van der Waals surface area contributed by atoms with Gasteiger partial charge in [0.2, 0.25) is 15.9 Å². The van der Waals surface area contributed by atoms with Gasteiger partial charge in [0.1, 0.15) is 11.6 Å². The first-order chi connectivity index (χ1) is 18.1. The lowest BCUT2D eigenvalue weighted by atomic mass is 9.73. The Labute approximate surface area is 230 Å². The maximum atomic E-state index is 13.8. The predicted octanol–water partition coefficient (Wildman–Crippen LogP) is 3.65. The molecule has 4 N–H and O–H groups in total. The van der Waals surface area contributed by atoms with E-state index in [2.05, 4.69) is 48.3 Å². The van der Waals surface area contributed by atoms with Crippen LogP contribution in [-0.4, -0.2) is 50.4 Å². The number of benzene rings is 2. The van der Waals surface area contributed by atoms with Crippen LogP contribution in [0.25, 0.3) is 0 Å². The van der Waals surface area contributed by atoms with Crippen molar-refractivity contribution in [1.29, 1.82) is 0 Å². The highest BCUT2D eigenvalue weighted by molar-refractivity contribution is 7.88. The summed E-state index contributed by atoms with van der Waals surface area (Å²) in [4.78, 5) is 11.9. The number of hydrogen-bond acceptors (Lipinski definition) is 5. The molecule has 1 amide bonds. The molecular formula is C29H41F2N3O4S. The molecule has 0 radical (unpaired) electrons. The SMILES string of the molecule is CC(=O)N[C@@H](Cc1cc(F)cc(F)c1)[C@@H](O)CNC1(c2cccc(C(C)(C)C)c2)CCC(NS(C)(=O)=O)CC1. The van der Waals surface area contributed by atoms with E-state index in [1.165, 1.54) is 19.1 Å². The molecule has 216 valence electrons. The maximum Gasteiger partial charge on any atom is 0.217 e. The number of halogens is 2. The highest BCUT2D eigenvalue weighted by Gasteiger charge is 2.38. The van der Waals surface area contributed by atoms with E-state index in [0.29, 0.717) is 31.2 Å². The lowest BCUT2D eigenvalue weighted by Gasteiger charge is -2.43. The molecule has 3 rings (SSSR count). The van der Waals surface area contributed by atoms with Crippen LogP contribution in [0.4, 0.5) is 8.78 Å². The second kappa shape index (κ2) is 12.4. The van der Waals surface area contributed by atoms with Gasteiger partial charge in [-0.3, -0.25) is 4.79 Å². The van der Waals surface area contributed by atoms with Gasteiger partial charge in [-0.15, -0.1) is 0 Å². The summed E-state index contributed by atoms with van der Waals surface area (Å²) < 4.78 is 53.9. The second-order valence-electron chi connectivity index (χ2n) is 11.8. The van der Waals surface area contributed by atoms with Crippen LogP contribution in [0.3, 0.4) is 0 Å². The molecule has 0 saturated heterocycles. The quantitative estimate of drug-likeness (QED) is 0.352. The molecule has 1 saturated carbocycles. The Balaban J connectivity index is 1.85. The Morgan fingerprint density at radius 3 is 2.26 bits per heavy atom. The Bertz CT molecular complexity index is 1240. The van der Waals surface area contributed by atoms with Crippen molar-refractivity contribution in [3.63, 3.8) is 0 Å². The van der Waals surface area contributed by atoms with Crippen LogP contribution in [0, 0.1) is 11.6 Å². The van der Waals surface area contributed by atoms with Crippen molar-refractivity contribution in [1.82, 2.24) is 15.4 Å². The van der Waals surface area contributed by atoms with Gasteiger partial charge < -0.3 is 15.7 Å². The van der Waals surface area contributed by atoms with Gasteiger partial charge in [0.25, 0.3) is 0 Å². The molecule has 0 heterocycles. The van der Waals surface area contributed by atoms with E-state index in [-0.39, 0.29) is 30.3 Å². The second-order valence-corrected chi connectivity index (χ2v) is 13.6. The molecular weight excluding hydrogens is 524 g/mol. The van der Waals surface area contributed by atoms with Crippen LogP contribution in [0.2, 0.25) is 0 Å². The molecule has 0 unspecified atom stereocenters. The monoisotopic (exact) mass is 565 g/mol. The molecule has 1 aliphatic carbocycles. The van der Waals surface area contributed by atoms with Gasteiger partial charge in [-0.05, 0) is 66.3 Å². The van der Waals surface area contributed by atoms with E-state index in [1.54, 1.807) is 0 Å². The standard InChI is InChI=1S/C29H41F2N3O4S/c1-19(35)33-26(15-20-13-23(30)17-24(31)14-20)27(36)18-32-29(11-9-25(10-12-29)34-39(5,37)38)22-8-6-7-21(16-22)28(2,3)4/h6-8,13-14,16-17,25-27,32,34,36H,9-12,15,18H2,1-5H3,(H,33,35)/t25?,26-,27-,29?/m0/s1. The molecule has 2 atom stereocenters. The topological polar surface area (TPSA) is 108 Å². The first-order valence-corrected chi connectivity index (χ1v) is 15.2. The maximum absolute atomic E-state index is 13.8. The van der Waals surface area contributed by atoms with Crippen molar-refractivity contribution in [3.05, 3.63) is 70.8 Å². The summed E-state index contributed by atoms with van der Waals surface area (Å²) in [6, 6.07) is 10.5. The average Bonchev–Trinajstić information content (AvgIpc) is 2.81. The summed E-state index contributed by atoms with van der Waals surface area (Å²) in [5, 5.41) is 17.4. The lowest BCUT2D eigenvalue weighted by molar-refractivity contribution is -0.120. The highest BCUT2D eigenvalue weighted by atomic mass is 32.2. The summed E-state index contributed by atoms with van der Waals surface area (Å²) in [5.74, 6) is -1.82. The minimum absolute atomic E-state index is 0.0456. The van der Waals surface area contributed by atoms with Gasteiger partial charge in [-0.25, -0.2) is 21.9 Å². The Kier molecular flexibility index (Phi) is 9.91. The summed E-state index contributed by atoms with van der Waals surface area (Å²) in [6.07, 6.45) is 2.60. The summed E-state index contributed by atoms with van der Waals surface area (Å²) >= 11 is 0. The normalized spacial score (nSPS) is 21.8. The van der Waals surface area contributed by atoms with Crippen molar-refractivity contribution < 1.29 is 27.1 Å². The fraction of sp³-hybridized carbons (Fsp3) is 0.552. The molecule has 0 aromatic heterocycles. The van der Waals surface area contributed by atoms with E-state index in [9.17, 15) is 27.1 Å². The number of hydrogen-bond donors (Lipinski definition) is 4. The number of amides is 1. The number of carbonyl (C=O) groups excluding carboxylic acids is 1. The van der Waals surface area contributed by atoms with Crippen molar-refractivity contribution in [3.8, 4) is 0 Å². The van der Waals surface area contributed by atoms with Gasteiger partial charge >= 0.3 is 0 Å². The van der Waals surface area contributed by atoms with Crippen molar-refractivity contribution in [2.75, 3.05) is 12.8 Å². The van der Waals surface area contributed by atoms with E-state index in [0.717, 1.165) is 23.4 Å². The number of sulfonamides is 1. The van der Waals surface area contributed by atoms with Crippen LogP contribution in [0.5, 0.6) is 0 Å². The third-order valence-electron chi connectivity index (χ3n) is 7.38. The first kappa shape index (κ1) is 31.1. The molecule has 2 aromatic carbocycles. The predicted molar refractivity (Wildman–Crippen MR) is 149 cm³/mol. The van der Waals surface area contributed by atoms with Gasteiger partial charge in [0.15, 0.2) is 0 Å². The van der Waals surface area contributed by atoms with Crippen LogP contribution < -0.4 is 15.4 Å². The van der Waals surface area contributed by atoms with Crippen LogP contribution in [0.1, 0.15) is 70.1 Å². The molecule has 0 spiro atoms. The fourth-order valence-electron chi connectivity index (χ4n) is 5.35. The zero-order valence-electron chi connectivity index (χ0n) is 23.4. The minimum atomic E-state index is -3.34. The molecule has 10 heteroatoms. The zero-order chi connectivity index (χ0) is 29.0. The van der Waals surface area contributed by atoms with Crippen LogP contribution in [-0.2, 0) is 32.2 Å². The molecule has 0 aliphatic heterocycles. The minimum Gasteiger partial charge on any atom is -0.390 e. The fourth-order valence-corrected chi connectivity index (χ4v) is 6.19. The highest BCUT2D eigenvalue weighted by Crippen LogP contribution is 2.39. The third-order valence-corrected chi connectivity index (χ3v) is 8.14. The average molecular weight is 566 g/mol. The lowest BCUT2D eigenvalue weighted by Crippen LogP contribution is -2.54. The molecule has 0 bridgehead atoms. The number of rotatable bonds is 10. The molecule has 7 nitrogen and oxygen atoms in total. The summed E-state index contributed by atoms with van der Waals surface area (Å²) in [7, 11) is -3.34. The smallest absolute Gasteiger partial charge is 0.217 e. The summed E-state index contributed by atoms with van der Waals surface area (Å²) in [5.41, 5.74) is 1.91. The largest absolute Gasteiger partial charge is 0.390 e. The van der Waals surface area contributed by atoms with Crippen molar-refractivity contribution in [2.24, 2.45) is 0 Å². The van der Waals surface area contributed by atoms with E-state index < -0.39 is 39.3 Å². The molecule has 2 aromatic rings. The van der Waals surface area contributed by atoms with Crippen molar-refractivity contribution in [2.45, 2.75) is 88.9 Å². The molecule has 1 aliphatic rings.